The lowest BCUT2D eigenvalue weighted by molar-refractivity contribution is 0.278. The Balaban J connectivity index is 2.22. The fraction of sp³-hybridized carbons (Fsp3) is 1.00. The van der Waals surface area contributed by atoms with Crippen LogP contribution < -0.4 is 5.32 Å². The molecule has 0 spiro atoms. The Hall–Kier alpha value is -0.0800. The topological polar surface area (TPSA) is 15.3 Å². The second-order valence-electron chi connectivity index (χ2n) is 2.74. The molecule has 0 aromatic carbocycles. The molecule has 1 unspecified atom stereocenters. The van der Waals surface area contributed by atoms with Crippen molar-refractivity contribution in [2.24, 2.45) is 0 Å². The van der Waals surface area contributed by atoms with E-state index in [-0.39, 0.29) is 0 Å². The van der Waals surface area contributed by atoms with Gasteiger partial charge in [0.15, 0.2) is 0 Å². The summed E-state index contributed by atoms with van der Waals surface area (Å²) in [5, 5.41) is 3.43. The fourth-order valence-electron chi connectivity index (χ4n) is 1.32. The second kappa shape index (κ2) is 3.18. The van der Waals surface area contributed by atoms with E-state index in [1.807, 2.05) is 0 Å². The first-order chi connectivity index (χ1) is 4.34. The summed E-state index contributed by atoms with van der Waals surface area (Å²) < 4.78 is 0. The van der Waals surface area contributed by atoms with Crippen LogP contribution in [0.4, 0.5) is 0 Å². The van der Waals surface area contributed by atoms with Gasteiger partial charge in [-0.1, -0.05) is 13.3 Å². The Bertz CT molecular complexity index is 83.0. The summed E-state index contributed by atoms with van der Waals surface area (Å²) in [4.78, 5) is 2.38. The smallest absolute Gasteiger partial charge is 0.0595 e. The minimum atomic E-state index is 0.662. The van der Waals surface area contributed by atoms with Crippen molar-refractivity contribution in [3.63, 3.8) is 0 Å². The summed E-state index contributed by atoms with van der Waals surface area (Å²) in [6.45, 7) is 4.61. The SMILES string of the molecule is CCCC1NCCN1C. The first-order valence-corrected chi connectivity index (χ1v) is 3.78. The highest BCUT2D eigenvalue weighted by Gasteiger charge is 2.17. The van der Waals surface area contributed by atoms with E-state index >= 15 is 0 Å². The average molecular weight is 128 g/mol. The minimum absolute atomic E-state index is 0.662. The van der Waals surface area contributed by atoms with Gasteiger partial charge in [0.25, 0.3) is 0 Å². The zero-order valence-corrected chi connectivity index (χ0v) is 6.35. The molecule has 0 bridgehead atoms. The van der Waals surface area contributed by atoms with Gasteiger partial charge in [0, 0.05) is 13.1 Å². The lowest BCUT2D eigenvalue weighted by Crippen LogP contribution is -2.32. The van der Waals surface area contributed by atoms with E-state index in [0.29, 0.717) is 6.17 Å². The standard InChI is InChI=1S/C7H16N2/c1-3-4-7-8-5-6-9(7)2/h7-8H,3-6H2,1-2H3. The molecule has 54 valence electrons. The predicted octanol–water partition coefficient (Wildman–Crippen LogP) is 0.648. The van der Waals surface area contributed by atoms with E-state index in [2.05, 4.69) is 24.2 Å². The van der Waals surface area contributed by atoms with Gasteiger partial charge in [-0.3, -0.25) is 4.90 Å². The Morgan fingerprint density at radius 3 is 2.89 bits per heavy atom. The van der Waals surface area contributed by atoms with E-state index in [1.165, 1.54) is 25.9 Å². The summed E-state index contributed by atoms with van der Waals surface area (Å²) in [6.07, 6.45) is 3.23. The van der Waals surface area contributed by atoms with Gasteiger partial charge in [-0.05, 0) is 13.5 Å². The normalized spacial score (nSPS) is 29.3. The summed E-state index contributed by atoms with van der Waals surface area (Å²) >= 11 is 0. The highest BCUT2D eigenvalue weighted by Crippen LogP contribution is 2.05. The first kappa shape index (κ1) is 7.03. The molecule has 0 amide bonds. The zero-order chi connectivity index (χ0) is 6.69. The van der Waals surface area contributed by atoms with Crippen molar-refractivity contribution in [3.05, 3.63) is 0 Å². The predicted molar refractivity (Wildman–Crippen MR) is 39.3 cm³/mol. The summed E-state index contributed by atoms with van der Waals surface area (Å²) in [5.74, 6) is 0. The maximum atomic E-state index is 3.43. The summed E-state index contributed by atoms with van der Waals surface area (Å²) in [5.41, 5.74) is 0. The number of rotatable bonds is 2. The number of hydrogen-bond donors (Lipinski definition) is 1. The Labute approximate surface area is 57.2 Å². The molecule has 1 aliphatic heterocycles. The molecule has 0 aromatic heterocycles. The van der Waals surface area contributed by atoms with Gasteiger partial charge in [0.1, 0.15) is 0 Å². The summed E-state index contributed by atoms with van der Waals surface area (Å²) in [7, 11) is 2.18. The fourth-order valence-corrected chi connectivity index (χ4v) is 1.32. The van der Waals surface area contributed by atoms with Crippen LogP contribution in [0.5, 0.6) is 0 Å². The maximum Gasteiger partial charge on any atom is 0.0595 e. The second-order valence-corrected chi connectivity index (χ2v) is 2.74. The number of nitrogens with zero attached hydrogens (tertiary/aromatic N) is 1. The monoisotopic (exact) mass is 128 g/mol. The van der Waals surface area contributed by atoms with Crippen molar-refractivity contribution in [1.29, 1.82) is 0 Å². The minimum Gasteiger partial charge on any atom is -0.300 e. The third-order valence-electron chi connectivity index (χ3n) is 1.94. The zero-order valence-electron chi connectivity index (χ0n) is 6.35. The molecular formula is C7H16N2. The van der Waals surface area contributed by atoms with Crippen LogP contribution in [-0.4, -0.2) is 31.2 Å². The lowest BCUT2D eigenvalue weighted by atomic mass is 10.3. The molecule has 2 nitrogen and oxygen atoms in total. The molecule has 2 heteroatoms. The van der Waals surface area contributed by atoms with Crippen LogP contribution >= 0.6 is 0 Å². The average Bonchev–Trinajstić information content (AvgIpc) is 2.18. The highest BCUT2D eigenvalue weighted by atomic mass is 15.3. The molecule has 0 saturated carbocycles. The largest absolute Gasteiger partial charge is 0.300 e. The Morgan fingerprint density at radius 2 is 2.44 bits per heavy atom. The van der Waals surface area contributed by atoms with E-state index in [0.717, 1.165) is 0 Å². The van der Waals surface area contributed by atoms with Gasteiger partial charge in [0.05, 0.1) is 6.17 Å². The maximum absolute atomic E-state index is 3.43. The van der Waals surface area contributed by atoms with Gasteiger partial charge in [0.2, 0.25) is 0 Å². The lowest BCUT2D eigenvalue weighted by Gasteiger charge is -2.17. The van der Waals surface area contributed by atoms with Crippen LogP contribution in [0.25, 0.3) is 0 Å². The summed E-state index contributed by atoms with van der Waals surface area (Å²) in [6, 6.07) is 0. The van der Waals surface area contributed by atoms with E-state index in [4.69, 9.17) is 0 Å². The number of hydrogen-bond acceptors (Lipinski definition) is 2. The van der Waals surface area contributed by atoms with Gasteiger partial charge in [-0.2, -0.15) is 0 Å². The van der Waals surface area contributed by atoms with E-state index < -0.39 is 0 Å². The van der Waals surface area contributed by atoms with Crippen molar-refractivity contribution >= 4 is 0 Å². The molecule has 1 N–H and O–H groups in total. The molecule has 1 aliphatic rings. The van der Waals surface area contributed by atoms with Crippen LogP contribution in [0.2, 0.25) is 0 Å². The Morgan fingerprint density at radius 1 is 1.67 bits per heavy atom. The van der Waals surface area contributed by atoms with Crippen molar-refractivity contribution in [2.75, 3.05) is 20.1 Å². The van der Waals surface area contributed by atoms with E-state index in [1.54, 1.807) is 0 Å². The van der Waals surface area contributed by atoms with Crippen molar-refractivity contribution in [3.8, 4) is 0 Å². The number of likely N-dealkylation sites (N-methyl/N-ethyl adjacent to an activating group) is 1. The van der Waals surface area contributed by atoms with Crippen LogP contribution in [0.1, 0.15) is 19.8 Å². The van der Waals surface area contributed by atoms with Crippen molar-refractivity contribution in [2.45, 2.75) is 25.9 Å². The van der Waals surface area contributed by atoms with Crippen LogP contribution in [0.15, 0.2) is 0 Å². The van der Waals surface area contributed by atoms with Gasteiger partial charge in [-0.25, -0.2) is 0 Å². The van der Waals surface area contributed by atoms with Crippen LogP contribution in [0.3, 0.4) is 0 Å². The third-order valence-corrected chi connectivity index (χ3v) is 1.94. The Kier molecular flexibility index (Phi) is 2.49. The molecule has 1 rings (SSSR count). The van der Waals surface area contributed by atoms with Crippen LogP contribution in [0, 0.1) is 0 Å². The third kappa shape index (κ3) is 1.66. The molecule has 1 fully saturated rings. The van der Waals surface area contributed by atoms with Gasteiger partial charge >= 0.3 is 0 Å². The molecule has 1 saturated heterocycles. The molecule has 0 aliphatic carbocycles. The molecular weight excluding hydrogens is 112 g/mol. The molecule has 1 heterocycles. The van der Waals surface area contributed by atoms with Crippen LogP contribution in [-0.2, 0) is 0 Å². The van der Waals surface area contributed by atoms with Gasteiger partial charge < -0.3 is 5.32 Å². The molecule has 9 heavy (non-hydrogen) atoms. The van der Waals surface area contributed by atoms with Crippen molar-refractivity contribution < 1.29 is 0 Å². The first-order valence-electron chi connectivity index (χ1n) is 3.78. The molecule has 1 atom stereocenters. The molecule has 0 aromatic rings. The van der Waals surface area contributed by atoms with E-state index in [9.17, 15) is 0 Å². The number of nitrogens with one attached hydrogen (secondary N) is 1. The molecule has 0 radical (unpaired) electrons. The van der Waals surface area contributed by atoms with Gasteiger partial charge in [-0.15, -0.1) is 0 Å². The quantitative estimate of drug-likeness (QED) is 0.587. The highest BCUT2D eigenvalue weighted by molar-refractivity contribution is 4.73. The van der Waals surface area contributed by atoms with Crippen molar-refractivity contribution in [1.82, 2.24) is 10.2 Å².